The molecule has 0 aliphatic rings. The van der Waals surface area contributed by atoms with Gasteiger partial charge in [-0.2, -0.15) is 0 Å². The first kappa shape index (κ1) is 17.2. The van der Waals surface area contributed by atoms with Gasteiger partial charge in [0.15, 0.2) is 0 Å². The molecule has 5 nitrogen and oxygen atoms in total. The molecule has 0 atom stereocenters. The lowest BCUT2D eigenvalue weighted by Crippen LogP contribution is -2.21. The molecule has 25 heavy (non-hydrogen) atoms. The highest BCUT2D eigenvalue weighted by molar-refractivity contribution is 7.17. The zero-order valence-electron chi connectivity index (χ0n) is 14.4. The lowest BCUT2D eigenvalue weighted by atomic mass is 10.0. The summed E-state index contributed by atoms with van der Waals surface area (Å²) >= 11 is 1.53. The van der Waals surface area contributed by atoms with Crippen LogP contribution in [0.1, 0.15) is 35.8 Å². The van der Waals surface area contributed by atoms with Gasteiger partial charge in [0.05, 0.1) is 17.3 Å². The molecule has 0 bridgehead atoms. The van der Waals surface area contributed by atoms with E-state index in [4.69, 9.17) is 4.74 Å². The van der Waals surface area contributed by atoms with Crippen LogP contribution in [0.2, 0.25) is 0 Å². The maximum absolute atomic E-state index is 12.4. The molecule has 1 aromatic carbocycles. The molecule has 0 aliphatic heterocycles. The van der Waals surface area contributed by atoms with E-state index in [2.05, 4.69) is 19.2 Å². The zero-order valence-corrected chi connectivity index (χ0v) is 15.2. The molecule has 0 aliphatic carbocycles. The van der Waals surface area contributed by atoms with E-state index >= 15 is 0 Å². The van der Waals surface area contributed by atoms with Crippen LogP contribution in [0.5, 0.6) is 0 Å². The lowest BCUT2D eigenvalue weighted by molar-refractivity contribution is -0.116. The molecular formula is C19H20N2O3S. The Balaban J connectivity index is 1.79. The third-order valence-corrected chi connectivity index (χ3v) is 4.93. The van der Waals surface area contributed by atoms with Gasteiger partial charge in [0, 0.05) is 5.69 Å². The normalized spacial score (nSPS) is 11.0. The van der Waals surface area contributed by atoms with Crippen LogP contribution in [0.25, 0.3) is 10.2 Å². The van der Waals surface area contributed by atoms with E-state index in [9.17, 15) is 9.59 Å². The number of rotatable bonds is 5. The van der Waals surface area contributed by atoms with Gasteiger partial charge in [-0.15, -0.1) is 11.3 Å². The van der Waals surface area contributed by atoms with Crippen LogP contribution in [-0.2, 0) is 16.1 Å². The second-order valence-electron chi connectivity index (χ2n) is 6.10. The molecule has 1 amide bonds. The fraction of sp³-hybridized carbons (Fsp3) is 0.263. The second-order valence-corrected chi connectivity index (χ2v) is 7.05. The molecule has 130 valence electrons. The SMILES string of the molecule is COC(=O)c1cc2sccc2n1CC(=O)Nc1ccc(C(C)C)cc1. The Morgan fingerprint density at radius 1 is 1.20 bits per heavy atom. The van der Waals surface area contributed by atoms with Gasteiger partial charge in [0.25, 0.3) is 0 Å². The third-order valence-electron chi connectivity index (χ3n) is 4.08. The molecule has 0 spiro atoms. The zero-order chi connectivity index (χ0) is 18.0. The van der Waals surface area contributed by atoms with Crippen LogP contribution in [0.4, 0.5) is 5.69 Å². The fourth-order valence-corrected chi connectivity index (χ4v) is 3.54. The summed E-state index contributed by atoms with van der Waals surface area (Å²) in [5, 5.41) is 4.81. The third kappa shape index (κ3) is 3.58. The number of carbonyl (C=O) groups excluding carboxylic acids is 2. The van der Waals surface area contributed by atoms with E-state index in [1.165, 1.54) is 24.0 Å². The van der Waals surface area contributed by atoms with Crippen LogP contribution in [0, 0.1) is 0 Å². The number of benzene rings is 1. The predicted octanol–water partition coefficient (Wildman–Crippen LogP) is 4.25. The molecule has 3 aromatic rings. The first-order chi connectivity index (χ1) is 12.0. The predicted molar refractivity (Wildman–Crippen MR) is 100 cm³/mol. The van der Waals surface area contributed by atoms with Crippen LogP contribution in [-0.4, -0.2) is 23.6 Å². The number of hydrogen-bond donors (Lipinski definition) is 1. The van der Waals surface area contributed by atoms with Crippen molar-refractivity contribution >= 4 is 39.1 Å². The van der Waals surface area contributed by atoms with Gasteiger partial charge in [-0.1, -0.05) is 26.0 Å². The van der Waals surface area contributed by atoms with E-state index < -0.39 is 5.97 Å². The summed E-state index contributed by atoms with van der Waals surface area (Å²) in [6.45, 7) is 4.30. The van der Waals surface area contributed by atoms with Crippen LogP contribution < -0.4 is 5.32 Å². The Bertz CT molecular complexity index is 907. The number of hydrogen-bond acceptors (Lipinski definition) is 4. The number of methoxy groups -OCH3 is 1. The summed E-state index contributed by atoms with van der Waals surface area (Å²) in [5.41, 5.74) is 3.20. The summed E-state index contributed by atoms with van der Waals surface area (Å²) in [7, 11) is 1.34. The number of aromatic nitrogens is 1. The highest BCUT2D eigenvalue weighted by Crippen LogP contribution is 2.26. The topological polar surface area (TPSA) is 60.3 Å². The van der Waals surface area contributed by atoms with Gasteiger partial charge < -0.3 is 14.6 Å². The largest absolute Gasteiger partial charge is 0.464 e. The quantitative estimate of drug-likeness (QED) is 0.695. The Labute approximate surface area is 150 Å². The van der Waals surface area contributed by atoms with Crippen molar-refractivity contribution in [3.8, 4) is 0 Å². The van der Waals surface area contributed by atoms with Gasteiger partial charge >= 0.3 is 5.97 Å². The molecule has 0 saturated carbocycles. The Kier molecular flexibility index (Phi) is 4.90. The monoisotopic (exact) mass is 356 g/mol. The van der Waals surface area contributed by atoms with E-state index in [0.717, 1.165) is 15.9 Å². The maximum atomic E-state index is 12.4. The molecule has 0 saturated heterocycles. The van der Waals surface area contributed by atoms with Crippen LogP contribution >= 0.6 is 11.3 Å². The van der Waals surface area contributed by atoms with Gasteiger partial charge in [0.2, 0.25) is 5.91 Å². The number of anilines is 1. The minimum Gasteiger partial charge on any atom is -0.464 e. The van der Waals surface area contributed by atoms with Gasteiger partial charge in [-0.05, 0) is 41.1 Å². The molecule has 0 fully saturated rings. The Morgan fingerprint density at radius 2 is 1.92 bits per heavy atom. The molecule has 0 unspecified atom stereocenters. The second kappa shape index (κ2) is 7.11. The number of thiophene rings is 1. The average Bonchev–Trinajstić information content (AvgIpc) is 3.17. The number of nitrogens with one attached hydrogen (secondary N) is 1. The van der Waals surface area contributed by atoms with Crippen molar-refractivity contribution in [2.24, 2.45) is 0 Å². The highest BCUT2D eigenvalue weighted by atomic mass is 32.1. The minimum atomic E-state index is -0.447. The standard InChI is InChI=1S/C19H20N2O3S/c1-12(2)13-4-6-14(7-5-13)20-18(22)11-21-15-8-9-25-17(15)10-16(21)19(23)24-3/h4-10,12H,11H2,1-3H3,(H,20,22). The first-order valence-corrected chi connectivity index (χ1v) is 8.92. The number of esters is 1. The van der Waals surface area contributed by atoms with Crippen molar-refractivity contribution in [1.29, 1.82) is 0 Å². The summed E-state index contributed by atoms with van der Waals surface area (Å²) in [6, 6.07) is 11.5. The molecular weight excluding hydrogens is 336 g/mol. The number of amides is 1. The van der Waals surface area contributed by atoms with Crippen molar-refractivity contribution in [2.75, 3.05) is 12.4 Å². The summed E-state index contributed by atoms with van der Waals surface area (Å²) in [5.74, 6) is -0.192. The van der Waals surface area contributed by atoms with Crippen molar-refractivity contribution < 1.29 is 14.3 Å². The Morgan fingerprint density at radius 3 is 2.56 bits per heavy atom. The first-order valence-electron chi connectivity index (χ1n) is 8.04. The number of ether oxygens (including phenoxy) is 1. The average molecular weight is 356 g/mol. The van der Waals surface area contributed by atoms with Gasteiger partial charge in [-0.25, -0.2) is 4.79 Å². The van der Waals surface area contributed by atoms with E-state index in [-0.39, 0.29) is 12.5 Å². The Hall–Kier alpha value is -2.60. The number of fused-ring (bicyclic) bond motifs is 1. The van der Waals surface area contributed by atoms with Gasteiger partial charge in [0.1, 0.15) is 12.2 Å². The highest BCUT2D eigenvalue weighted by Gasteiger charge is 2.18. The fourth-order valence-electron chi connectivity index (χ4n) is 2.72. The lowest BCUT2D eigenvalue weighted by Gasteiger charge is -2.11. The van der Waals surface area contributed by atoms with Gasteiger partial charge in [-0.3, -0.25) is 4.79 Å². The summed E-state index contributed by atoms with van der Waals surface area (Å²) in [6.07, 6.45) is 0. The van der Waals surface area contributed by atoms with Crippen molar-refractivity contribution in [2.45, 2.75) is 26.3 Å². The van der Waals surface area contributed by atoms with Crippen molar-refractivity contribution in [1.82, 2.24) is 4.57 Å². The molecule has 2 heterocycles. The van der Waals surface area contributed by atoms with Crippen molar-refractivity contribution in [3.63, 3.8) is 0 Å². The minimum absolute atomic E-state index is 0.0522. The van der Waals surface area contributed by atoms with Crippen molar-refractivity contribution in [3.05, 3.63) is 53.0 Å². The molecule has 1 N–H and O–H groups in total. The smallest absolute Gasteiger partial charge is 0.354 e. The summed E-state index contributed by atoms with van der Waals surface area (Å²) < 4.78 is 7.47. The van der Waals surface area contributed by atoms with Crippen LogP contribution in [0.3, 0.4) is 0 Å². The maximum Gasteiger partial charge on any atom is 0.354 e. The number of carbonyl (C=O) groups is 2. The molecule has 6 heteroatoms. The molecule has 3 rings (SSSR count). The van der Waals surface area contributed by atoms with E-state index in [1.54, 1.807) is 10.6 Å². The van der Waals surface area contributed by atoms with E-state index in [1.807, 2.05) is 35.7 Å². The summed E-state index contributed by atoms with van der Waals surface area (Å²) in [4.78, 5) is 24.4. The molecule has 0 radical (unpaired) electrons. The number of nitrogens with zero attached hydrogens (tertiary/aromatic N) is 1. The van der Waals surface area contributed by atoms with Crippen LogP contribution in [0.15, 0.2) is 41.8 Å². The molecule has 2 aromatic heterocycles. The van der Waals surface area contributed by atoms with E-state index in [0.29, 0.717) is 11.6 Å².